The fourth-order valence-electron chi connectivity index (χ4n) is 2.25. The quantitative estimate of drug-likeness (QED) is 0.702. The molecule has 1 heterocycles. The van der Waals surface area contributed by atoms with E-state index in [1.165, 1.54) is 6.08 Å². The maximum absolute atomic E-state index is 12.3. The zero-order valence-electron chi connectivity index (χ0n) is 13.2. The van der Waals surface area contributed by atoms with E-state index in [-0.39, 0.29) is 5.91 Å². The van der Waals surface area contributed by atoms with Crippen LogP contribution in [0.4, 0.5) is 5.69 Å². The number of anilines is 1. The third kappa shape index (κ3) is 4.20. The molecule has 2 N–H and O–H groups in total. The van der Waals surface area contributed by atoms with Gasteiger partial charge in [-0.2, -0.15) is 0 Å². The van der Waals surface area contributed by atoms with Crippen LogP contribution in [0.25, 0.3) is 11.8 Å². The van der Waals surface area contributed by atoms with Gasteiger partial charge in [0.1, 0.15) is 0 Å². The average Bonchev–Trinajstić information content (AvgIpc) is 3.16. The highest BCUT2D eigenvalue weighted by Gasteiger charge is 2.06. The molecule has 3 rings (SSSR count). The van der Waals surface area contributed by atoms with Crippen LogP contribution in [0.2, 0.25) is 0 Å². The SMILES string of the molecule is O=C(O)/C=C/c1ccc(NC(=O)c2ccc(-n3ccnc3)cc2)cc1. The fourth-order valence-corrected chi connectivity index (χ4v) is 2.25. The van der Waals surface area contributed by atoms with Crippen LogP contribution < -0.4 is 5.32 Å². The van der Waals surface area contributed by atoms with Crippen molar-refractivity contribution in [2.45, 2.75) is 0 Å². The maximum atomic E-state index is 12.3. The van der Waals surface area contributed by atoms with E-state index in [4.69, 9.17) is 5.11 Å². The van der Waals surface area contributed by atoms with Gasteiger partial charge in [0.25, 0.3) is 5.91 Å². The lowest BCUT2D eigenvalue weighted by Gasteiger charge is -2.07. The summed E-state index contributed by atoms with van der Waals surface area (Å²) in [5.74, 6) is -1.22. The van der Waals surface area contributed by atoms with Crippen LogP contribution in [-0.2, 0) is 4.79 Å². The van der Waals surface area contributed by atoms with Gasteiger partial charge in [0.15, 0.2) is 0 Å². The predicted molar refractivity (Wildman–Crippen MR) is 94.6 cm³/mol. The highest BCUT2D eigenvalue weighted by Crippen LogP contribution is 2.14. The summed E-state index contributed by atoms with van der Waals surface area (Å²) in [6, 6.07) is 14.1. The summed E-state index contributed by atoms with van der Waals surface area (Å²) < 4.78 is 1.85. The molecule has 3 aromatic rings. The molecule has 0 radical (unpaired) electrons. The number of nitrogens with one attached hydrogen (secondary N) is 1. The molecular weight excluding hydrogens is 318 g/mol. The standard InChI is InChI=1S/C19H15N3O3/c23-18(24)10-3-14-1-6-16(7-2-14)21-19(25)15-4-8-17(9-5-15)22-12-11-20-13-22/h1-13H,(H,21,25)(H,23,24)/b10-3+. The van der Waals surface area contributed by atoms with Gasteiger partial charge in [-0.25, -0.2) is 9.78 Å². The Morgan fingerprint density at radius 3 is 2.36 bits per heavy atom. The molecule has 0 saturated carbocycles. The lowest BCUT2D eigenvalue weighted by atomic mass is 10.1. The zero-order chi connectivity index (χ0) is 17.6. The molecule has 0 bridgehead atoms. The summed E-state index contributed by atoms with van der Waals surface area (Å²) in [4.78, 5) is 26.8. The van der Waals surface area contributed by atoms with Crippen molar-refractivity contribution < 1.29 is 14.7 Å². The lowest BCUT2D eigenvalue weighted by molar-refractivity contribution is -0.131. The minimum Gasteiger partial charge on any atom is -0.478 e. The number of nitrogens with zero attached hydrogens (tertiary/aromatic N) is 2. The van der Waals surface area contributed by atoms with Gasteiger partial charge >= 0.3 is 5.97 Å². The van der Waals surface area contributed by atoms with Gasteiger partial charge in [-0.05, 0) is 48.0 Å². The highest BCUT2D eigenvalue weighted by molar-refractivity contribution is 6.04. The second-order valence-corrected chi connectivity index (χ2v) is 5.26. The number of benzene rings is 2. The first kappa shape index (κ1) is 16.2. The molecule has 25 heavy (non-hydrogen) atoms. The van der Waals surface area contributed by atoms with Crippen molar-refractivity contribution in [3.8, 4) is 5.69 Å². The van der Waals surface area contributed by atoms with Crippen LogP contribution in [0.3, 0.4) is 0 Å². The van der Waals surface area contributed by atoms with E-state index in [1.807, 2.05) is 22.9 Å². The van der Waals surface area contributed by atoms with E-state index in [1.54, 1.807) is 48.9 Å². The summed E-state index contributed by atoms with van der Waals surface area (Å²) in [5.41, 5.74) is 2.84. The summed E-state index contributed by atoms with van der Waals surface area (Å²) in [5, 5.41) is 11.4. The van der Waals surface area contributed by atoms with Gasteiger partial charge in [-0.1, -0.05) is 12.1 Å². The number of aliphatic carboxylic acids is 1. The van der Waals surface area contributed by atoms with E-state index in [0.717, 1.165) is 17.3 Å². The first-order valence-electron chi connectivity index (χ1n) is 7.53. The Morgan fingerprint density at radius 2 is 1.76 bits per heavy atom. The van der Waals surface area contributed by atoms with Crippen LogP contribution in [-0.4, -0.2) is 26.5 Å². The normalized spacial score (nSPS) is 10.7. The lowest BCUT2D eigenvalue weighted by Crippen LogP contribution is -2.11. The topological polar surface area (TPSA) is 84.2 Å². The fraction of sp³-hybridized carbons (Fsp3) is 0. The number of carbonyl (C=O) groups is 2. The van der Waals surface area contributed by atoms with Gasteiger partial charge in [0, 0.05) is 35.4 Å². The number of amides is 1. The van der Waals surface area contributed by atoms with Crippen LogP contribution in [0.5, 0.6) is 0 Å². The van der Waals surface area contributed by atoms with Gasteiger partial charge in [0.2, 0.25) is 0 Å². The third-order valence-electron chi connectivity index (χ3n) is 3.52. The van der Waals surface area contributed by atoms with E-state index in [9.17, 15) is 9.59 Å². The molecule has 0 aliphatic rings. The van der Waals surface area contributed by atoms with Crippen molar-refractivity contribution in [2.24, 2.45) is 0 Å². The van der Waals surface area contributed by atoms with Crippen LogP contribution >= 0.6 is 0 Å². The number of rotatable bonds is 5. The second-order valence-electron chi connectivity index (χ2n) is 5.26. The molecule has 1 aromatic heterocycles. The second kappa shape index (κ2) is 7.27. The maximum Gasteiger partial charge on any atom is 0.328 e. The molecule has 1 amide bonds. The van der Waals surface area contributed by atoms with Crippen molar-refractivity contribution in [2.75, 3.05) is 5.32 Å². The smallest absolute Gasteiger partial charge is 0.328 e. The highest BCUT2D eigenvalue weighted by atomic mass is 16.4. The summed E-state index contributed by atoms with van der Waals surface area (Å²) in [6.07, 6.45) is 7.76. The van der Waals surface area contributed by atoms with Crippen LogP contribution in [0.15, 0.2) is 73.3 Å². The Morgan fingerprint density at radius 1 is 1.04 bits per heavy atom. The summed E-state index contributed by atoms with van der Waals surface area (Å²) in [6.45, 7) is 0. The Balaban J connectivity index is 1.66. The van der Waals surface area contributed by atoms with E-state index in [2.05, 4.69) is 10.3 Å². The molecule has 6 nitrogen and oxygen atoms in total. The van der Waals surface area contributed by atoms with Crippen LogP contribution in [0.1, 0.15) is 15.9 Å². The van der Waals surface area contributed by atoms with Crippen LogP contribution in [0, 0.1) is 0 Å². The van der Waals surface area contributed by atoms with E-state index < -0.39 is 5.97 Å². The molecule has 6 heteroatoms. The number of carboxylic acids is 1. The predicted octanol–water partition coefficient (Wildman–Crippen LogP) is 3.22. The Labute approximate surface area is 144 Å². The number of carboxylic acid groups (broad SMARTS) is 1. The minimum atomic E-state index is -1.00. The van der Waals surface area contributed by atoms with Crippen molar-refractivity contribution in [1.29, 1.82) is 0 Å². The Hall–Kier alpha value is -3.67. The molecule has 0 atom stereocenters. The Kier molecular flexibility index (Phi) is 4.71. The molecule has 0 aliphatic carbocycles. The third-order valence-corrected chi connectivity index (χ3v) is 3.52. The first-order valence-corrected chi connectivity index (χ1v) is 7.53. The van der Waals surface area contributed by atoms with Crippen molar-refractivity contribution in [3.63, 3.8) is 0 Å². The van der Waals surface area contributed by atoms with E-state index in [0.29, 0.717) is 11.3 Å². The summed E-state index contributed by atoms with van der Waals surface area (Å²) >= 11 is 0. The molecule has 0 aliphatic heterocycles. The number of hydrogen-bond donors (Lipinski definition) is 2. The summed E-state index contributed by atoms with van der Waals surface area (Å²) in [7, 11) is 0. The van der Waals surface area contributed by atoms with Gasteiger partial charge in [-0.15, -0.1) is 0 Å². The van der Waals surface area contributed by atoms with Crippen molar-refractivity contribution in [3.05, 3.63) is 84.5 Å². The number of hydrogen-bond acceptors (Lipinski definition) is 3. The number of aromatic nitrogens is 2. The molecule has 0 spiro atoms. The van der Waals surface area contributed by atoms with Gasteiger partial charge in [-0.3, -0.25) is 4.79 Å². The molecule has 0 saturated heterocycles. The number of carbonyl (C=O) groups excluding carboxylic acids is 1. The molecular formula is C19H15N3O3. The molecule has 0 unspecified atom stereocenters. The molecule has 2 aromatic carbocycles. The van der Waals surface area contributed by atoms with Crippen molar-refractivity contribution >= 4 is 23.6 Å². The van der Waals surface area contributed by atoms with Gasteiger partial charge in [0.05, 0.1) is 6.33 Å². The average molecular weight is 333 g/mol. The zero-order valence-corrected chi connectivity index (χ0v) is 13.2. The van der Waals surface area contributed by atoms with E-state index >= 15 is 0 Å². The molecule has 0 fully saturated rings. The van der Waals surface area contributed by atoms with Gasteiger partial charge < -0.3 is 15.0 Å². The first-order chi connectivity index (χ1) is 12.1. The largest absolute Gasteiger partial charge is 0.478 e. The minimum absolute atomic E-state index is 0.217. The molecule has 124 valence electrons. The monoisotopic (exact) mass is 333 g/mol. The van der Waals surface area contributed by atoms with Crippen molar-refractivity contribution in [1.82, 2.24) is 9.55 Å². The number of imidazole rings is 1. The Bertz CT molecular complexity index is 896.